The molecule has 0 radical (unpaired) electrons. The lowest BCUT2D eigenvalue weighted by Gasteiger charge is -2.08. The van der Waals surface area contributed by atoms with Crippen LogP contribution in [0.3, 0.4) is 0 Å². The molecule has 124 valence electrons. The second-order valence-corrected chi connectivity index (χ2v) is 6.49. The maximum absolute atomic E-state index is 12.1. The third-order valence-electron chi connectivity index (χ3n) is 3.50. The van der Waals surface area contributed by atoms with E-state index in [1.807, 2.05) is 54.3 Å². The van der Waals surface area contributed by atoms with Crippen LogP contribution in [0.1, 0.15) is 17.7 Å². The Morgan fingerprint density at radius 2 is 2.17 bits per heavy atom. The minimum Gasteiger partial charge on any atom is -0.326 e. The van der Waals surface area contributed by atoms with Crippen molar-refractivity contribution in [2.45, 2.75) is 26.4 Å². The fourth-order valence-corrected chi connectivity index (χ4v) is 2.71. The van der Waals surface area contributed by atoms with Crippen LogP contribution < -0.4 is 5.32 Å². The third kappa shape index (κ3) is 4.55. The zero-order chi connectivity index (χ0) is 16.9. The molecule has 0 saturated heterocycles. The van der Waals surface area contributed by atoms with Crippen molar-refractivity contribution in [3.8, 4) is 0 Å². The number of benzene rings is 1. The van der Waals surface area contributed by atoms with E-state index in [9.17, 15) is 4.79 Å². The molecular formula is C17H18BrN5O. The van der Waals surface area contributed by atoms with Crippen LogP contribution in [-0.2, 0) is 17.9 Å². The van der Waals surface area contributed by atoms with Crippen molar-refractivity contribution in [2.75, 3.05) is 5.32 Å². The summed E-state index contributed by atoms with van der Waals surface area (Å²) in [6.45, 7) is 3.16. The van der Waals surface area contributed by atoms with Gasteiger partial charge in [-0.25, -0.2) is 0 Å². The average molecular weight is 388 g/mol. The molecule has 2 heterocycles. The molecule has 2 aromatic heterocycles. The van der Waals surface area contributed by atoms with E-state index in [4.69, 9.17) is 0 Å². The van der Waals surface area contributed by atoms with Gasteiger partial charge in [-0.2, -0.15) is 10.2 Å². The van der Waals surface area contributed by atoms with Crippen LogP contribution in [0.5, 0.6) is 0 Å². The van der Waals surface area contributed by atoms with Crippen LogP contribution in [0, 0.1) is 6.92 Å². The second-order valence-electron chi connectivity index (χ2n) is 5.57. The molecule has 1 amide bonds. The number of nitrogens with one attached hydrogen (secondary N) is 1. The summed E-state index contributed by atoms with van der Waals surface area (Å²) < 4.78 is 4.56. The van der Waals surface area contributed by atoms with Gasteiger partial charge < -0.3 is 5.32 Å². The summed E-state index contributed by atoms with van der Waals surface area (Å²) in [6.07, 6.45) is 5.93. The van der Waals surface area contributed by atoms with E-state index in [1.54, 1.807) is 10.9 Å². The van der Waals surface area contributed by atoms with Crippen molar-refractivity contribution < 1.29 is 4.79 Å². The lowest BCUT2D eigenvalue weighted by molar-refractivity contribution is -0.116. The molecule has 0 spiro atoms. The van der Waals surface area contributed by atoms with Crippen molar-refractivity contribution in [3.05, 3.63) is 64.7 Å². The minimum absolute atomic E-state index is 0.0258. The quantitative estimate of drug-likeness (QED) is 0.705. The molecule has 0 atom stereocenters. The molecule has 0 aliphatic carbocycles. The molecule has 24 heavy (non-hydrogen) atoms. The van der Waals surface area contributed by atoms with Gasteiger partial charge in [-0.05, 0) is 46.6 Å². The zero-order valence-corrected chi connectivity index (χ0v) is 14.9. The van der Waals surface area contributed by atoms with E-state index in [-0.39, 0.29) is 5.91 Å². The Labute approximate surface area is 148 Å². The maximum Gasteiger partial charge on any atom is 0.226 e. The molecule has 1 aromatic carbocycles. The van der Waals surface area contributed by atoms with Gasteiger partial charge >= 0.3 is 0 Å². The summed E-state index contributed by atoms with van der Waals surface area (Å²) in [7, 11) is 0. The number of hydrogen-bond donors (Lipinski definition) is 1. The van der Waals surface area contributed by atoms with Gasteiger partial charge in [0.15, 0.2) is 0 Å². The number of aromatic nitrogens is 4. The molecule has 7 heteroatoms. The van der Waals surface area contributed by atoms with Crippen LogP contribution in [0.25, 0.3) is 0 Å². The highest BCUT2D eigenvalue weighted by molar-refractivity contribution is 9.10. The lowest BCUT2D eigenvalue weighted by atomic mass is 10.2. The number of hydrogen-bond acceptors (Lipinski definition) is 3. The Bertz CT molecular complexity index is 839. The highest BCUT2D eigenvalue weighted by atomic mass is 79.9. The highest BCUT2D eigenvalue weighted by Crippen LogP contribution is 2.14. The summed E-state index contributed by atoms with van der Waals surface area (Å²) in [5.41, 5.74) is 2.82. The first-order valence-electron chi connectivity index (χ1n) is 7.65. The number of aryl methyl sites for hydroxylation is 2. The lowest BCUT2D eigenvalue weighted by Crippen LogP contribution is -2.15. The van der Waals surface area contributed by atoms with Gasteiger partial charge in [0.2, 0.25) is 5.91 Å². The number of halogens is 1. The Hall–Kier alpha value is -2.41. The van der Waals surface area contributed by atoms with Gasteiger partial charge in [0.1, 0.15) is 0 Å². The summed E-state index contributed by atoms with van der Waals surface area (Å²) in [6, 6.07) is 9.72. The van der Waals surface area contributed by atoms with Gasteiger partial charge in [-0.15, -0.1) is 0 Å². The van der Waals surface area contributed by atoms with Crippen molar-refractivity contribution in [1.29, 1.82) is 0 Å². The number of amides is 1. The van der Waals surface area contributed by atoms with Gasteiger partial charge in [0.25, 0.3) is 0 Å². The van der Waals surface area contributed by atoms with E-state index in [2.05, 4.69) is 31.4 Å². The Balaban J connectivity index is 1.56. The van der Waals surface area contributed by atoms with Crippen LogP contribution in [-0.4, -0.2) is 25.5 Å². The predicted octanol–water partition coefficient (Wildman–Crippen LogP) is 3.23. The molecule has 3 rings (SSSR count). The van der Waals surface area contributed by atoms with Crippen LogP contribution in [0.2, 0.25) is 0 Å². The fraction of sp³-hybridized carbons (Fsp3) is 0.235. The van der Waals surface area contributed by atoms with Crippen LogP contribution in [0.4, 0.5) is 5.69 Å². The molecular weight excluding hydrogens is 370 g/mol. The standard InChI is InChI=1S/C17H18BrN5O/c1-13-5-7-22(21-13)8-6-17(24)20-16-4-2-3-14(9-16)11-23-12-15(18)10-19-23/h2-5,7,9-10,12H,6,8,11H2,1H3,(H,20,24). The van der Waals surface area contributed by atoms with Crippen molar-refractivity contribution in [2.24, 2.45) is 0 Å². The first kappa shape index (κ1) is 16.4. The zero-order valence-electron chi connectivity index (χ0n) is 13.3. The SMILES string of the molecule is Cc1ccn(CCC(=O)Nc2cccc(Cn3cc(Br)cn3)c2)n1. The number of rotatable bonds is 6. The number of nitrogens with zero attached hydrogens (tertiary/aromatic N) is 4. The van der Waals surface area contributed by atoms with Gasteiger partial charge in [-0.1, -0.05) is 12.1 Å². The molecule has 0 fully saturated rings. The average Bonchev–Trinajstić information content (AvgIpc) is 3.14. The van der Waals surface area contributed by atoms with Crippen LogP contribution >= 0.6 is 15.9 Å². The highest BCUT2D eigenvalue weighted by Gasteiger charge is 2.05. The van der Waals surface area contributed by atoms with E-state index in [0.717, 1.165) is 21.4 Å². The van der Waals surface area contributed by atoms with Crippen molar-refractivity contribution in [3.63, 3.8) is 0 Å². The van der Waals surface area contributed by atoms with E-state index >= 15 is 0 Å². The first-order chi connectivity index (χ1) is 11.6. The van der Waals surface area contributed by atoms with Crippen LogP contribution in [0.15, 0.2) is 53.4 Å². The normalized spacial score (nSPS) is 10.8. The minimum atomic E-state index is -0.0258. The van der Waals surface area contributed by atoms with Gasteiger partial charge in [0.05, 0.1) is 22.9 Å². The van der Waals surface area contributed by atoms with Crippen molar-refractivity contribution in [1.82, 2.24) is 19.6 Å². The molecule has 6 nitrogen and oxygen atoms in total. The smallest absolute Gasteiger partial charge is 0.226 e. The summed E-state index contributed by atoms with van der Waals surface area (Å²) >= 11 is 3.38. The Kier molecular flexibility index (Phi) is 5.10. The summed E-state index contributed by atoms with van der Waals surface area (Å²) in [5.74, 6) is -0.0258. The molecule has 1 N–H and O–H groups in total. The van der Waals surface area contributed by atoms with Gasteiger partial charge in [0, 0.05) is 31.0 Å². The topological polar surface area (TPSA) is 64.7 Å². The molecule has 0 saturated carbocycles. The Morgan fingerprint density at radius 3 is 2.88 bits per heavy atom. The molecule has 0 aliphatic heterocycles. The fourth-order valence-electron chi connectivity index (χ4n) is 2.39. The maximum atomic E-state index is 12.1. The number of carbonyl (C=O) groups excluding carboxylic acids is 1. The van der Waals surface area contributed by atoms with E-state index in [1.165, 1.54) is 0 Å². The van der Waals surface area contributed by atoms with E-state index in [0.29, 0.717) is 19.5 Å². The molecule has 0 aliphatic rings. The van der Waals surface area contributed by atoms with Crippen molar-refractivity contribution >= 4 is 27.5 Å². The van der Waals surface area contributed by atoms with E-state index < -0.39 is 0 Å². The largest absolute Gasteiger partial charge is 0.326 e. The molecule has 0 bridgehead atoms. The first-order valence-corrected chi connectivity index (χ1v) is 8.44. The number of carbonyl (C=O) groups is 1. The number of anilines is 1. The van der Waals surface area contributed by atoms with Gasteiger partial charge in [-0.3, -0.25) is 14.2 Å². The third-order valence-corrected chi connectivity index (χ3v) is 3.91. The second kappa shape index (κ2) is 7.44. The Morgan fingerprint density at radius 1 is 1.29 bits per heavy atom. The summed E-state index contributed by atoms with van der Waals surface area (Å²) in [5, 5.41) is 11.4. The monoisotopic (exact) mass is 387 g/mol. The summed E-state index contributed by atoms with van der Waals surface area (Å²) in [4.78, 5) is 12.1. The molecule has 3 aromatic rings. The molecule has 0 unspecified atom stereocenters. The predicted molar refractivity (Wildman–Crippen MR) is 95.7 cm³/mol.